The highest BCUT2D eigenvalue weighted by Crippen LogP contribution is 2.24. The van der Waals surface area contributed by atoms with Gasteiger partial charge in [0.05, 0.1) is 16.8 Å². The first kappa shape index (κ1) is 22.1. The fourth-order valence-electron chi connectivity index (χ4n) is 3.68. The highest BCUT2D eigenvalue weighted by atomic mass is 16.2. The lowest BCUT2D eigenvalue weighted by Crippen LogP contribution is -2.48. The SMILES string of the molecule is Cc1nn(-c2ccc(NCCNC(=O)C(C)N3C(=O)c4ccccc4C3=O)nn2)c(C)c1C. The molecular weight excluding hydrogens is 422 g/mol. The maximum atomic E-state index is 12.5. The second-order valence-corrected chi connectivity index (χ2v) is 7.90. The molecule has 0 fully saturated rings. The van der Waals surface area contributed by atoms with Gasteiger partial charge in [-0.15, -0.1) is 10.2 Å². The van der Waals surface area contributed by atoms with E-state index in [4.69, 9.17) is 0 Å². The van der Waals surface area contributed by atoms with Gasteiger partial charge in [0.1, 0.15) is 11.9 Å². The number of nitrogens with one attached hydrogen (secondary N) is 2. The van der Waals surface area contributed by atoms with Crippen molar-refractivity contribution in [2.45, 2.75) is 33.7 Å². The molecule has 0 spiro atoms. The molecule has 33 heavy (non-hydrogen) atoms. The molecule has 2 aromatic heterocycles. The van der Waals surface area contributed by atoms with E-state index in [-0.39, 0.29) is 6.54 Å². The fraction of sp³-hybridized carbons (Fsp3) is 0.304. The van der Waals surface area contributed by atoms with E-state index >= 15 is 0 Å². The number of nitrogens with zero attached hydrogens (tertiary/aromatic N) is 5. The van der Waals surface area contributed by atoms with E-state index < -0.39 is 23.8 Å². The predicted octanol–water partition coefficient (Wildman–Crippen LogP) is 1.80. The number of imide groups is 1. The van der Waals surface area contributed by atoms with Crippen molar-refractivity contribution >= 4 is 23.5 Å². The van der Waals surface area contributed by atoms with Gasteiger partial charge >= 0.3 is 0 Å². The van der Waals surface area contributed by atoms with Gasteiger partial charge in [0.2, 0.25) is 5.91 Å². The summed E-state index contributed by atoms with van der Waals surface area (Å²) in [5.74, 6) is -0.140. The quantitative estimate of drug-likeness (QED) is 0.418. The number of anilines is 1. The van der Waals surface area contributed by atoms with E-state index in [1.165, 1.54) is 6.92 Å². The van der Waals surface area contributed by atoms with Crippen LogP contribution in [0.1, 0.15) is 44.6 Å². The number of carbonyl (C=O) groups excluding carboxylic acids is 3. The Morgan fingerprint density at radius 3 is 2.18 bits per heavy atom. The molecule has 0 saturated carbocycles. The Kier molecular flexibility index (Phi) is 5.91. The van der Waals surface area contributed by atoms with Crippen molar-refractivity contribution in [1.29, 1.82) is 0 Å². The topological polar surface area (TPSA) is 122 Å². The molecule has 1 atom stereocenters. The molecule has 1 aliphatic rings. The molecule has 1 unspecified atom stereocenters. The minimum absolute atomic E-state index is 0.284. The third-order valence-corrected chi connectivity index (χ3v) is 5.84. The minimum atomic E-state index is -0.916. The Labute approximate surface area is 191 Å². The molecule has 0 radical (unpaired) electrons. The molecule has 0 bridgehead atoms. The second-order valence-electron chi connectivity index (χ2n) is 7.90. The summed E-state index contributed by atoms with van der Waals surface area (Å²) in [6, 6.07) is 9.25. The van der Waals surface area contributed by atoms with Crippen LogP contribution in [0.5, 0.6) is 0 Å². The first-order valence-corrected chi connectivity index (χ1v) is 10.6. The summed E-state index contributed by atoms with van der Waals surface area (Å²) in [7, 11) is 0. The molecular formula is C23H25N7O3. The van der Waals surface area contributed by atoms with E-state index in [0.717, 1.165) is 21.9 Å². The van der Waals surface area contributed by atoms with E-state index in [9.17, 15) is 14.4 Å². The van der Waals surface area contributed by atoms with Gasteiger partial charge in [-0.1, -0.05) is 12.1 Å². The summed E-state index contributed by atoms with van der Waals surface area (Å²) in [5.41, 5.74) is 3.72. The van der Waals surface area contributed by atoms with Crippen molar-refractivity contribution in [3.05, 3.63) is 64.5 Å². The number of aryl methyl sites for hydroxylation is 1. The number of amides is 3. The number of rotatable bonds is 7. The van der Waals surface area contributed by atoms with Crippen molar-refractivity contribution in [3.8, 4) is 5.82 Å². The molecule has 10 heteroatoms. The molecule has 1 aromatic carbocycles. The standard InChI is InChI=1S/C23H25N7O3/c1-13-14(2)28-30(15(13)3)20-10-9-19(26-27-20)24-11-12-25-21(31)16(4)29-22(32)17-7-5-6-8-18(17)23(29)33/h5-10,16H,11-12H2,1-4H3,(H,24,26)(H,25,31). The molecule has 0 saturated heterocycles. The van der Waals surface area contributed by atoms with Gasteiger partial charge in [0.25, 0.3) is 11.8 Å². The number of hydrogen-bond donors (Lipinski definition) is 2. The van der Waals surface area contributed by atoms with Crippen LogP contribution in [0, 0.1) is 20.8 Å². The number of hydrogen-bond acceptors (Lipinski definition) is 7. The van der Waals surface area contributed by atoms with Gasteiger partial charge < -0.3 is 10.6 Å². The first-order chi connectivity index (χ1) is 15.8. The lowest BCUT2D eigenvalue weighted by molar-refractivity contribution is -0.124. The largest absolute Gasteiger partial charge is 0.367 e. The van der Waals surface area contributed by atoms with Gasteiger partial charge in [-0.3, -0.25) is 19.3 Å². The maximum absolute atomic E-state index is 12.5. The van der Waals surface area contributed by atoms with Gasteiger partial charge in [0, 0.05) is 18.8 Å². The van der Waals surface area contributed by atoms with E-state index in [0.29, 0.717) is 29.3 Å². The highest BCUT2D eigenvalue weighted by Gasteiger charge is 2.40. The zero-order valence-electron chi connectivity index (χ0n) is 18.9. The zero-order chi connectivity index (χ0) is 23.7. The van der Waals surface area contributed by atoms with Gasteiger partial charge in [-0.25, -0.2) is 4.68 Å². The molecule has 4 rings (SSSR count). The van der Waals surface area contributed by atoms with E-state index in [2.05, 4.69) is 25.9 Å². The van der Waals surface area contributed by atoms with Gasteiger partial charge in [-0.2, -0.15) is 5.10 Å². The van der Waals surface area contributed by atoms with Crippen LogP contribution in [-0.4, -0.2) is 61.7 Å². The summed E-state index contributed by atoms with van der Waals surface area (Å²) >= 11 is 0. The lowest BCUT2D eigenvalue weighted by Gasteiger charge is -2.21. The van der Waals surface area contributed by atoms with Crippen LogP contribution < -0.4 is 10.6 Å². The molecule has 2 N–H and O–H groups in total. The summed E-state index contributed by atoms with van der Waals surface area (Å²) in [6.07, 6.45) is 0. The van der Waals surface area contributed by atoms with Crippen molar-refractivity contribution in [1.82, 2.24) is 30.2 Å². The summed E-state index contributed by atoms with van der Waals surface area (Å²) in [6.45, 7) is 8.16. The Morgan fingerprint density at radius 1 is 0.970 bits per heavy atom. The van der Waals surface area contributed by atoms with Crippen LogP contribution in [0.3, 0.4) is 0 Å². The summed E-state index contributed by atoms with van der Waals surface area (Å²) < 4.78 is 1.75. The first-order valence-electron chi connectivity index (χ1n) is 10.6. The second kappa shape index (κ2) is 8.81. The van der Waals surface area contributed by atoms with Gasteiger partial charge in [0.15, 0.2) is 5.82 Å². The van der Waals surface area contributed by atoms with Crippen LogP contribution in [0.15, 0.2) is 36.4 Å². The van der Waals surface area contributed by atoms with Crippen molar-refractivity contribution in [2.75, 3.05) is 18.4 Å². The Morgan fingerprint density at radius 2 is 1.64 bits per heavy atom. The Hall–Kier alpha value is -4.08. The predicted molar refractivity (Wildman–Crippen MR) is 121 cm³/mol. The number of aromatic nitrogens is 4. The summed E-state index contributed by atoms with van der Waals surface area (Å²) in [4.78, 5) is 38.6. The van der Waals surface area contributed by atoms with E-state index in [1.807, 2.05) is 26.8 Å². The van der Waals surface area contributed by atoms with Crippen molar-refractivity contribution in [3.63, 3.8) is 0 Å². The van der Waals surface area contributed by atoms with Crippen molar-refractivity contribution < 1.29 is 14.4 Å². The monoisotopic (exact) mass is 447 g/mol. The van der Waals surface area contributed by atoms with Gasteiger partial charge in [-0.05, 0) is 57.5 Å². The zero-order valence-corrected chi connectivity index (χ0v) is 18.9. The Balaban J connectivity index is 1.29. The molecule has 1 aliphatic heterocycles. The third kappa shape index (κ3) is 4.07. The molecule has 3 amide bonds. The Bertz CT molecular complexity index is 1200. The van der Waals surface area contributed by atoms with Crippen LogP contribution in [0.4, 0.5) is 5.82 Å². The van der Waals surface area contributed by atoms with Crippen LogP contribution in [-0.2, 0) is 4.79 Å². The molecule has 170 valence electrons. The third-order valence-electron chi connectivity index (χ3n) is 5.84. The lowest BCUT2D eigenvalue weighted by atomic mass is 10.1. The molecule has 10 nitrogen and oxygen atoms in total. The van der Waals surface area contributed by atoms with Crippen LogP contribution in [0.2, 0.25) is 0 Å². The number of carbonyl (C=O) groups is 3. The average molecular weight is 447 g/mol. The van der Waals surface area contributed by atoms with Crippen molar-refractivity contribution in [2.24, 2.45) is 0 Å². The highest BCUT2D eigenvalue weighted by molar-refractivity contribution is 6.22. The van der Waals surface area contributed by atoms with Crippen LogP contribution >= 0.6 is 0 Å². The summed E-state index contributed by atoms with van der Waals surface area (Å²) in [5, 5.41) is 18.7. The molecule has 3 aromatic rings. The molecule has 3 heterocycles. The fourth-order valence-corrected chi connectivity index (χ4v) is 3.68. The smallest absolute Gasteiger partial charge is 0.262 e. The molecule has 0 aliphatic carbocycles. The average Bonchev–Trinajstić information content (AvgIpc) is 3.23. The normalized spacial score (nSPS) is 13.8. The number of benzene rings is 1. The van der Waals surface area contributed by atoms with Crippen LogP contribution in [0.25, 0.3) is 5.82 Å². The minimum Gasteiger partial charge on any atom is -0.367 e. The van der Waals surface area contributed by atoms with E-state index in [1.54, 1.807) is 35.0 Å². The maximum Gasteiger partial charge on any atom is 0.262 e. The number of fused-ring (bicyclic) bond motifs is 1.